The number of aryl methyl sites for hydroxylation is 1. The highest BCUT2D eigenvalue weighted by atomic mass is 16.1. The van der Waals surface area contributed by atoms with Crippen molar-refractivity contribution in [2.24, 2.45) is 5.92 Å². The van der Waals surface area contributed by atoms with Crippen LogP contribution in [0, 0.1) is 19.8 Å². The van der Waals surface area contributed by atoms with Crippen LogP contribution >= 0.6 is 0 Å². The lowest BCUT2D eigenvalue weighted by Gasteiger charge is -2.18. The number of aldehydes is 1. The summed E-state index contributed by atoms with van der Waals surface area (Å²) < 4.78 is 0. The minimum atomic E-state index is 0.0931. The van der Waals surface area contributed by atoms with Gasteiger partial charge in [-0.15, -0.1) is 0 Å². The molecule has 1 rings (SSSR count). The summed E-state index contributed by atoms with van der Waals surface area (Å²) in [5.41, 5.74) is 3.91. The van der Waals surface area contributed by atoms with Crippen molar-refractivity contribution in [2.75, 3.05) is 0 Å². The van der Waals surface area contributed by atoms with Crippen LogP contribution in [0.15, 0.2) is 18.2 Å². The van der Waals surface area contributed by atoms with Gasteiger partial charge in [0.1, 0.15) is 6.29 Å². The molecule has 1 aromatic carbocycles. The maximum absolute atomic E-state index is 10.7. The Morgan fingerprint density at radius 2 is 1.86 bits per heavy atom. The van der Waals surface area contributed by atoms with Crippen LogP contribution < -0.4 is 0 Å². The highest BCUT2D eigenvalue weighted by Gasteiger charge is 2.15. The second-order valence-corrected chi connectivity index (χ2v) is 4.07. The zero-order valence-electron chi connectivity index (χ0n) is 9.37. The molecule has 0 aromatic heterocycles. The molecular weight excluding hydrogens is 172 g/mol. The summed E-state index contributed by atoms with van der Waals surface area (Å²) in [4.78, 5) is 10.7. The molecule has 0 N–H and O–H groups in total. The smallest absolute Gasteiger partial charge is 0.123 e. The molecule has 14 heavy (non-hydrogen) atoms. The summed E-state index contributed by atoms with van der Waals surface area (Å²) in [5, 5.41) is 0. The third-order valence-corrected chi connectivity index (χ3v) is 3.14. The maximum atomic E-state index is 10.7. The molecule has 0 aliphatic rings. The fraction of sp³-hybridized carbons (Fsp3) is 0.462. The van der Waals surface area contributed by atoms with Gasteiger partial charge in [-0.25, -0.2) is 0 Å². The predicted molar refractivity (Wildman–Crippen MR) is 59.6 cm³/mol. The first-order valence-electron chi connectivity index (χ1n) is 5.09. The molecule has 0 heterocycles. The summed E-state index contributed by atoms with van der Waals surface area (Å²) in [7, 11) is 0. The van der Waals surface area contributed by atoms with E-state index in [0.717, 1.165) is 6.29 Å². The molecule has 0 fully saturated rings. The van der Waals surface area contributed by atoms with Gasteiger partial charge in [-0.05, 0) is 36.5 Å². The molecule has 0 radical (unpaired) electrons. The van der Waals surface area contributed by atoms with Gasteiger partial charge in [0.25, 0.3) is 0 Å². The highest BCUT2D eigenvalue weighted by Crippen LogP contribution is 2.26. The second-order valence-electron chi connectivity index (χ2n) is 4.07. The standard InChI is InChI=1S/C13H18O/c1-9-6-5-7-13(11(9)3)12(4)10(2)8-14/h5-8,10,12H,1-4H3. The third kappa shape index (κ3) is 2.03. The molecule has 0 amide bonds. The molecule has 2 unspecified atom stereocenters. The van der Waals surface area contributed by atoms with Crippen LogP contribution in [0.4, 0.5) is 0 Å². The largest absolute Gasteiger partial charge is 0.303 e. The van der Waals surface area contributed by atoms with Crippen molar-refractivity contribution in [1.82, 2.24) is 0 Å². The van der Waals surface area contributed by atoms with E-state index in [1.807, 2.05) is 6.92 Å². The first-order chi connectivity index (χ1) is 6.57. The van der Waals surface area contributed by atoms with Gasteiger partial charge in [-0.3, -0.25) is 0 Å². The Balaban J connectivity index is 3.06. The van der Waals surface area contributed by atoms with Gasteiger partial charge in [-0.1, -0.05) is 32.0 Å². The fourth-order valence-electron chi connectivity index (χ4n) is 1.67. The number of carbonyl (C=O) groups is 1. The summed E-state index contributed by atoms with van der Waals surface area (Å²) >= 11 is 0. The van der Waals surface area contributed by atoms with Crippen LogP contribution in [0.5, 0.6) is 0 Å². The Bertz CT molecular complexity index is 328. The summed E-state index contributed by atoms with van der Waals surface area (Å²) in [6.07, 6.45) is 1.03. The van der Waals surface area contributed by atoms with E-state index in [9.17, 15) is 4.79 Å². The molecule has 0 aliphatic carbocycles. The Hall–Kier alpha value is -1.11. The van der Waals surface area contributed by atoms with Gasteiger partial charge in [0.05, 0.1) is 0 Å². The molecule has 0 saturated heterocycles. The Morgan fingerprint density at radius 3 is 2.43 bits per heavy atom. The van der Waals surface area contributed by atoms with Gasteiger partial charge in [-0.2, -0.15) is 0 Å². The van der Waals surface area contributed by atoms with Crippen molar-refractivity contribution in [3.05, 3.63) is 34.9 Å². The quantitative estimate of drug-likeness (QED) is 0.669. The van der Waals surface area contributed by atoms with Crippen molar-refractivity contribution in [3.8, 4) is 0 Å². The van der Waals surface area contributed by atoms with E-state index in [-0.39, 0.29) is 5.92 Å². The van der Waals surface area contributed by atoms with Crippen molar-refractivity contribution in [1.29, 1.82) is 0 Å². The average molecular weight is 190 g/mol. The SMILES string of the molecule is Cc1cccc(C(C)C(C)C=O)c1C. The molecule has 0 aliphatic heterocycles. The normalized spacial score (nSPS) is 14.9. The van der Waals surface area contributed by atoms with Gasteiger partial charge < -0.3 is 4.79 Å². The van der Waals surface area contributed by atoms with Crippen molar-refractivity contribution < 1.29 is 4.79 Å². The van der Waals surface area contributed by atoms with Gasteiger partial charge >= 0.3 is 0 Å². The summed E-state index contributed by atoms with van der Waals surface area (Å²) in [5.74, 6) is 0.405. The Kier molecular flexibility index (Phi) is 3.45. The zero-order valence-corrected chi connectivity index (χ0v) is 9.37. The Labute approximate surface area is 86.1 Å². The second kappa shape index (κ2) is 4.41. The highest BCUT2D eigenvalue weighted by molar-refractivity contribution is 5.55. The van der Waals surface area contributed by atoms with Crippen LogP contribution in [0.25, 0.3) is 0 Å². The zero-order chi connectivity index (χ0) is 10.7. The number of benzene rings is 1. The van der Waals surface area contributed by atoms with Gasteiger partial charge in [0.2, 0.25) is 0 Å². The monoisotopic (exact) mass is 190 g/mol. The van der Waals surface area contributed by atoms with Gasteiger partial charge in [0, 0.05) is 5.92 Å². The number of hydrogen-bond donors (Lipinski definition) is 0. The van der Waals surface area contributed by atoms with Crippen LogP contribution in [-0.4, -0.2) is 6.29 Å². The molecule has 2 atom stereocenters. The lowest BCUT2D eigenvalue weighted by molar-refractivity contribution is -0.111. The summed E-state index contributed by atoms with van der Waals surface area (Å²) in [6.45, 7) is 8.32. The van der Waals surface area contributed by atoms with Crippen LogP contribution in [-0.2, 0) is 4.79 Å². The van der Waals surface area contributed by atoms with Crippen LogP contribution in [0.2, 0.25) is 0 Å². The molecule has 0 spiro atoms. The van der Waals surface area contributed by atoms with E-state index in [1.54, 1.807) is 0 Å². The molecule has 0 bridgehead atoms. The van der Waals surface area contributed by atoms with E-state index in [0.29, 0.717) is 5.92 Å². The predicted octanol–water partition coefficient (Wildman–Crippen LogP) is 3.24. The molecule has 1 aromatic rings. The lowest BCUT2D eigenvalue weighted by Crippen LogP contribution is -2.09. The number of rotatable bonds is 3. The molecule has 1 heteroatoms. The van der Waals surface area contributed by atoms with Crippen LogP contribution in [0.3, 0.4) is 0 Å². The van der Waals surface area contributed by atoms with E-state index < -0.39 is 0 Å². The van der Waals surface area contributed by atoms with E-state index in [1.165, 1.54) is 16.7 Å². The first kappa shape index (κ1) is 11.0. The van der Waals surface area contributed by atoms with E-state index >= 15 is 0 Å². The minimum Gasteiger partial charge on any atom is -0.303 e. The molecule has 76 valence electrons. The summed E-state index contributed by atoms with van der Waals surface area (Å²) in [6, 6.07) is 6.29. The maximum Gasteiger partial charge on any atom is 0.123 e. The fourth-order valence-corrected chi connectivity index (χ4v) is 1.67. The minimum absolute atomic E-state index is 0.0931. The van der Waals surface area contributed by atoms with E-state index in [4.69, 9.17) is 0 Å². The first-order valence-corrected chi connectivity index (χ1v) is 5.09. The van der Waals surface area contributed by atoms with Crippen molar-refractivity contribution in [3.63, 3.8) is 0 Å². The molecule has 0 saturated carbocycles. The van der Waals surface area contributed by atoms with Crippen molar-refractivity contribution >= 4 is 6.29 Å². The van der Waals surface area contributed by atoms with E-state index in [2.05, 4.69) is 39.0 Å². The number of hydrogen-bond acceptors (Lipinski definition) is 1. The topological polar surface area (TPSA) is 17.1 Å². The molecule has 1 nitrogen and oxygen atoms in total. The van der Waals surface area contributed by atoms with Gasteiger partial charge in [0.15, 0.2) is 0 Å². The lowest BCUT2D eigenvalue weighted by atomic mass is 9.86. The average Bonchev–Trinajstić information content (AvgIpc) is 2.20. The molecular formula is C13H18O. The third-order valence-electron chi connectivity index (χ3n) is 3.14. The number of carbonyl (C=O) groups excluding carboxylic acids is 1. The van der Waals surface area contributed by atoms with Crippen molar-refractivity contribution in [2.45, 2.75) is 33.6 Å². The Morgan fingerprint density at radius 1 is 1.21 bits per heavy atom. The van der Waals surface area contributed by atoms with Crippen LogP contribution in [0.1, 0.15) is 36.5 Å².